The molecule has 0 atom stereocenters. The molecule has 0 amide bonds. The van der Waals surface area contributed by atoms with Gasteiger partial charge in [0.05, 0.1) is 6.61 Å². The van der Waals surface area contributed by atoms with E-state index in [0.717, 1.165) is 31.2 Å². The standard InChI is InChI=1S/C19H27N3O2S.HI/c1-20-19(22(2)11-10-18-5-4-14-25-18)21-15-16-6-8-17(9-7-16)24-13-12-23-3;/h4-9,14H,10-13,15H2,1-3H3,(H,20,21);1H. The first-order valence-electron chi connectivity index (χ1n) is 8.37. The fourth-order valence-electron chi connectivity index (χ4n) is 2.35. The topological polar surface area (TPSA) is 46.1 Å². The van der Waals surface area contributed by atoms with Crippen molar-refractivity contribution in [3.8, 4) is 5.75 Å². The summed E-state index contributed by atoms with van der Waals surface area (Å²) in [6, 6.07) is 12.4. The summed E-state index contributed by atoms with van der Waals surface area (Å²) in [5, 5.41) is 5.52. The second kappa shape index (κ2) is 12.9. The van der Waals surface area contributed by atoms with E-state index in [1.807, 2.05) is 19.2 Å². The molecule has 1 N–H and O–H groups in total. The number of nitrogens with one attached hydrogen (secondary N) is 1. The maximum Gasteiger partial charge on any atom is 0.193 e. The highest BCUT2D eigenvalue weighted by molar-refractivity contribution is 14.0. The maximum absolute atomic E-state index is 5.58. The molecule has 1 aromatic heterocycles. The zero-order valence-electron chi connectivity index (χ0n) is 15.6. The number of guanidine groups is 1. The third-order valence-corrected chi connectivity index (χ3v) is 4.71. The summed E-state index contributed by atoms with van der Waals surface area (Å²) >= 11 is 1.80. The number of rotatable bonds is 9. The molecule has 5 nitrogen and oxygen atoms in total. The first-order valence-corrected chi connectivity index (χ1v) is 9.25. The van der Waals surface area contributed by atoms with Crippen LogP contribution in [0.25, 0.3) is 0 Å². The van der Waals surface area contributed by atoms with E-state index in [9.17, 15) is 0 Å². The summed E-state index contributed by atoms with van der Waals surface area (Å²) in [5.74, 6) is 1.76. The molecule has 0 aliphatic heterocycles. The Labute approximate surface area is 177 Å². The Bertz CT molecular complexity index is 633. The summed E-state index contributed by atoms with van der Waals surface area (Å²) in [5.41, 5.74) is 1.19. The predicted molar refractivity (Wildman–Crippen MR) is 120 cm³/mol. The van der Waals surface area contributed by atoms with Crippen molar-refractivity contribution in [2.45, 2.75) is 13.0 Å². The molecule has 0 saturated carbocycles. The van der Waals surface area contributed by atoms with Crippen molar-refractivity contribution >= 4 is 41.3 Å². The van der Waals surface area contributed by atoms with E-state index in [4.69, 9.17) is 9.47 Å². The fraction of sp³-hybridized carbons (Fsp3) is 0.421. The van der Waals surface area contributed by atoms with Crippen LogP contribution >= 0.6 is 35.3 Å². The molecule has 0 aliphatic carbocycles. The van der Waals surface area contributed by atoms with Gasteiger partial charge >= 0.3 is 0 Å². The molecule has 2 rings (SSSR count). The number of thiophene rings is 1. The largest absolute Gasteiger partial charge is 0.491 e. The van der Waals surface area contributed by atoms with E-state index in [1.165, 1.54) is 10.4 Å². The molecule has 1 aromatic carbocycles. The number of hydrogen-bond acceptors (Lipinski definition) is 4. The van der Waals surface area contributed by atoms with Crippen LogP contribution in [-0.2, 0) is 17.7 Å². The van der Waals surface area contributed by atoms with Gasteiger partial charge in [0, 0.05) is 39.2 Å². The second-order valence-corrected chi connectivity index (χ2v) is 6.67. The van der Waals surface area contributed by atoms with Gasteiger partial charge in [0.2, 0.25) is 0 Å². The molecule has 26 heavy (non-hydrogen) atoms. The van der Waals surface area contributed by atoms with Crippen LogP contribution in [0, 0.1) is 0 Å². The Morgan fingerprint density at radius 2 is 1.96 bits per heavy atom. The van der Waals surface area contributed by atoms with Crippen molar-refractivity contribution < 1.29 is 9.47 Å². The number of ether oxygens (including phenoxy) is 2. The van der Waals surface area contributed by atoms with Crippen LogP contribution in [0.2, 0.25) is 0 Å². The Kier molecular flexibility index (Phi) is 11.3. The van der Waals surface area contributed by atoms with Crippen LogP contribution in [0.15, 0.2) is 46.8 Å². The highest BCUT2D eigenvalue weighted by Gasteiger charge is 2.06. The minimum absolute atomic E-state index is 0. The van der Waals surface area contributed by atoms with Crippen LogP contribution in [0.4, 0.5) is 0 Å². The lowest BCUT2D eigenvalue weighted by atomic mass is 10.2. The Morgan fingerprint density at radius 1 is 1.19 bits per heavy atom. The van der Waals surface area contributed by atoms with Gasteiger partial charge in [-0.3, -0.25) is 4.99 Å². The van der Waals surface area contributed by atoms with Crippen LogP contribution in [-0.4, -0.2) is 51.8 Å². The zero-order valence-corrected chi connectivity index (χ0v) is 18.8. The molecule has 2 aromatic rings. The number of methoxy groups -OCH3 is 1. The fourth-order valence-corrected chi connectivity index (χ4v) is 3.05. The monoisotopic (exact) mass is 489 g/mol. The number of hydrogen-bond donors (Lipinski definition) is 1. The molecule has 1 heterocycles. The van der Waals surface area contributed by atoms with Crippen molar-refractivity contribution in [1.29, 1.82) is 0 Å². The molecule has 0 aliphatic rings. The van der Waals surface area contributed by atoms with E-state index in [1.54, 1.807) is 18.4 Å². The summed E-state index contributed by atoms with van der Waals surface area (Å²) in [4.78, 5) is 7.92. The smallest absolute Gasteiger partial charge is 0.193 e. The molecule has 0 radical (unpaired) electrons. The average molecular weight is 489 g/mol. The Morgan fingerprint density at radius 3 is 2.58 bits per heavy atom. The first-order chi connectivity index (χ1) is 12.2. The summed E-state index contributed by atoms with van der Waals surface area (Å²) in [6.07, 6.45) is 1.03. The minimum Gasteiger partial charge on any atom is -0.491 e. The van der Waals surface area contributed by atoms with Gasteiger partial charge in [-0.2, -0.15) is 0 Å². The Hall–Kier alpha value is -1.32. The summed E-state index contributed by atoms with van der Waals surface area (Å²) in [6.45, 7) is 2.83. The molecular weight excluding hydrogens is 461 g/mol. The van der Waals surface area contributed by atoms with Crippen LogP contribution in [0.3, 0.4) is 0 Å². The molecule has 7 heteroatoms. The lowest BCUT2D eigenvalue weighted by Gasteiger charge is -2.22. The summed E-state index contributed by atoms with van der Waals surface area (Å²) < 4.78 is 10.6. The van der Waals surface area contributed by atoms with Gasteiger partial charge in [0.25, 0.3) is 0 Å². The van der Waals surface area contributed by atoms with Crippen molar-refractivity contribution in [2.75, 3.05) is 41.0 Å². The summed E-state index contributed by atoms with van der Waals surface area (Å²) in [7, 11) is 5.55. The molecular formula is C19H28IN3O2S. The number of nitrogens with zero attached hydrogens (tertiary/aromatic N) is 2. The van der Waals surface area contributed by atoms with Gasteiger partial charge in [0.1, 0.15) is 12.4 Å². The molecule has 144 valence electrons. The lowest BCUT2D eigenvalue weighted by Crippen LogP contribution is -2.39. The SMILES string of the molecule is CN=C(NCc1ccc(OCCOC)cc1)N(C)CCc1cccs1.I. The number of benzene rings is 1. The van der Waals surface area contributed by atoms with Gasteiger partial charge in [-0.15, -0.1) is 35.3 Å². The van der Waals surface area contributed by atoms with Gasteiger partial charge in [0.15, 0.2) is 5.96 Å². The van der Waals surface area contributed by atoms with Gasteiger partial charge < -0.3 is 19.7 Å². The number of likely N-dealkylation sites (N-methyl/N-ethyl adjacent to an activating group) is 1. The molecule has 0 saturated heterocycles. The van der Waals surface area contributed by atoms with Gasteiger partial charge in [-0.1, -0.05) is 18.2 Å². The lowest BCUT2D eigenvalue weighted by molar-refractivity contribution is 0.146. The van der Waals surface area contributed by atoms with Crippen LogP contribution in [0.5, 0.6) is 5.75 Å². The van der Waals surface area contributed by atoms with Crippen molar-refractivity contribution in [1.82, 2.24) is 10.2 Å². The minimum atomic E-state index is 0. The van der Waals surface area contributed by atoms with E-state index < -0.39 is 0 Å². The maximum atomic E-state index is 5.58. The normalized spacial score (nSPS) is 11.0. The molecule has 0 bridgehead atoms. The predicted octanol–water partition coefficient (Wildman–Crippen LogP) is 3.64. The molecule has 0 fully saturated rings. The zero-order chi connectivity index (χ0) is 17.9. The van der Waals surface area contributed by atoms with Crippen molar-refractivity contribution in [2.24, 2.45) is 4.99 Å². The van der Waals surface area contributed by atoms with E-state index in [-0.39, 0.29) is 24.0 Å². The first kappa shape index (κ1) is 22.7. The van der Waals surface area contributed by atoms with Crippen LogP contribution < -0.4 is 10.1 Å². The van der Waals surface area contributed by atoms with E-state index >= 15 is 0 Å². The van der Waals surface area contributed by atoms with Gasteiger partial charge in [-0.05, 0) is 35.6 Å². The third-order valence-electron chi connectivity index (χ3n) is 3.78. The molecule has 0 spiro atoms. The highest BCUT2D eigenvalue weighted by atomic mass is 127. The van der Waals surface area contributed by atoms with Crippen molar-refractivity contribution in [3.63, 3.8) is 0 Å². The molecule has 0 unspecified atom stereocenters. The van der Waals surface area contributed by atoms with E-state index in [0.29, 0.717) is 13.2 Å². The quantitative estimate of drug-likeness (QED) is 0.253. The van der Waals surface area contributed by atoms with Gasteiger partial charge in [-0.25, -0.2) is 0 Å². The van der Waals surface area contributed by atoms with Crippen LogP contribution in [0.1, 0.15) is 10.4 Å². The van der Waals surface area contributed by atoms with E-state index in [2.05, 4.69) is 51.9 Å². The Balaban J connectivity index is 0.00000338. The third kappa shape index (κ3) is 7.92. The average Bonchev–Trinajstić information content (AvgIpc) is 3.15. The number of aliphatic imine (C=N–C) groups is 1. The second-order valence-electron chi connectivity index (χ2n) is 5.64. The van der Waals surface area contributed by atoms with Crippen molar-refractivity contribution in [3.05, 3.63) is 52.2 Å². The number of halogens is 1. The highest BCUT2D eigenvalue weighted by Crippen LogP contribution is 2.12.